The van der Waals surface area contributed by atoms with Crippen LogP contribution >= 0.6 is 0 Å². The van der Waals surface area contributed by atoms with Crippen LogP contribution < -0.4 is 10.6 Å². The minimum absolute atomic E-state index is 0.0406. The zero-order chi connectivity index (χ0) is 19.8. The van der Waals surface area contributed by atoms with Gasteiger partial charge in [0.1, 0.15) is 0 Å². The highest BCUT2D eigenvalue weighted by Gasteiger charge is 2.26. The van der Waals surface area contributed by atoms with Gasteiger partial charge in [-0.1, -0.05) is 48.5 Å². The number of hydrogen-bond acceptors (Lipinski definition) is 4. The van der Waals surface area contributed by atoms with Gasteiger partial charge in [0.15, 0.2) is 0 Å². The highest BCUT2D eigenvalue weighted by molar-refractivity contribution is 5.97. The molecule has 2 aromatic rings. The molecular weight excluding hydrogens is 344 g/mol. The zero-order valence-electron chi connectivity index (χ0n) is 15.7. The van der Waals surface area contributed by atoms with Crippen LogP contribution in [0.2, 0.25) is 0 Å². The van der Waals surface area contributed by atoms with Gasteiger partial charge in [0.25, 0.3) is 5.91 Å². The van der Waals surface area contributed by atoms with Gasteiger partial charge in [0.2, 0.25) is 6.10 Å². The number of carbonyl (C=O) groups excluding carboxylic acids is 3. The molecule has 0 aliphatic rings. The molecule has 0 aromatic heterocycles. The monoisotopic (exact) mass is 368 g/mol. The van der Waals surface area contributed by atoms with Crippen LogP contribution in [0.4, 0.5) is 4.79 Å². The topological polar surface area (TPSA) is 84.5 Å². The maximum atomic E-state index is 12.5. The van der Waals surface area contributed by atoms with Crippen LogP contribution in [-0.2, 0) is 20.7 Å². The molecule has 1 atom stereocenters. The summed E-state index contributed by atoms with van der Waals surface area (Å²) in [6.07, 6.45) is -1.16. The van der Waals surface area contributed by atoms with E-state index in [1.165, 1.54) is 0 Å². The van der Waals surface area contributed by atoms with Crippen molar-refractivity contribution in [1.29, 1.82) is 0 Å². The van der Waals surface area contributed by atoms with Gasteiger partial charge in [-0.05, 0) is 37.5 Å². The summed E-state index contributed by atoms with van der Waals surface area (Å²) < 4.78 is 5.42. The Hall–Kier alpha value is -3.15. The zero-order valence-corrected chi connectivity index (χ0v) is 15.7. The van der Waals surface area contributed by atoms with E-state index < -0.39 is 24.0 Å². The Morgan fingerprint density at radius 2 is 1.70 bits per heavy atom. The van der Waals surface area contributed by atoms with Gasteiger partial charge in [-0.25, -0.2) is 4.79 Å². The van der Waals surface area contributed by atoms with E-state index in [0.29, 0.717) is 12.1 Å². The van der Waals surface area contributed by atoms with Crippen molar-refractivity contribution in [3.8, 4) is 0 Å². The lowest BCUT2D eigenvalue weighted by Crippen LogP contribution is -2.42. The number of hydrogen-bond donors (Lipinski definition) is 2. The van der Waals surface area contributed by atoms with E-state index in [2.05, 4.69) is 10.6 Å². The summed E-state index contributed by atoms with van der Waals surface area (Å²) in [6, 6.07) is 13.7. The van der Waals surface area contributed by atoms with Crippen molar-refractivity contribution < 1.29 is 19.1 Å². The molecule has 0 radical (unpaired) electrons. The maximum absolute atomic E-state index is 12.5. The third kappa shape index (κ3) is 5.95. The predicted octanol–water partition coefficient (Wildman–Crippen LogP) is 2.98. The van der Waals surface area contributed by atoms with E-state index >= 15 is 0 Å². The molecule has 0 heterocycles. The number of esters is 1. The van der Waals surface area contributed by atoms with Crippen LogP contribution in [0.15, 0.2) is 48.5 Å². The molecule has 2 aromatic carbocycles. The first kappa shape index (κ1) is 20.2. The van der Waals surface area contributed by atoms with Crippen molar-refractivity contribution in [2.75, 3.05) is 6.54 Å². The van der Waals surface area contributed by atoms with Crippen molar-refractivity contribution in [3.05, 3.63) is 70.8 Å². The van der Waals surface area contributed by atoms with Crippen LogP contribution in [0, 0.1) is 13.8 Å². The van der Waals surface area contributed by atoms with Crippen LogP contribution in [-0.4, -0.2) is 24.5 Å². The van der Waals surface area contributed by atoms with E-state index in [9.17, 15) is 14.4 Å². The molecule has 142 valence electrons. The molecule has 0 aliphatic heterocycles. The first-order valence-corrected chi connectivity index (χ1v) is 8.80. The number of ether oxygens (including phenoxy) is 1. The number of benzene rings is 2. The second kappa shape index (κ2) is 9.52. The van der Waals surface area contributed by atoms with Gasteiger partial charge < -0.3 is 10.1 Å². The average molecular weight is 368 g/mol. The minimum Gasteiger partial charge on any atom is -0.447 e. The Balaban J connectivity index is 2.13. The fourth-order valence-corrected chi connectivity index (χ4v) is 2.54. The van der Waals surface area contributed by atoms with Crippen LogP contribution in [0.1, 0.15) is 35.3 Å². The summed E-state index contributed by atoms with van der Waals surface area (Å²) in [5, 5.41) is 4.68. The molecule has 27 heavy (non-hydrogen) atoms. The molecule has 2 N–H and O–H groups in total. The molecule has 6 nitrogen and oxygen atoms in total. The number of nitrogens with one attached hydrogen (secondary N) is 2. The van der Waals surface area contributed by atoms with Gasteiger partial charge in [0, 0.05) is 12.1 Å². The number of urea groups is 1. The lowest BCUT2D eigenvalue weighted by atomic mass is 10.0. The van der Waals surface area contributed by atoms with Gasteiger partial charge in [-0.15, -0.1) is 0 Å². The summed E-state index contributed by atoms with van der Waals surface area (Å²) in [5.41, 5.74) is 3.51. The Bertz CT molecular complexity index is 818. The van der Waals surface area contributed by atoms with E-state index in [1.54, 1.807) is 37.3 Å². The SMILES string of the molecule is CCNC(=O)NC(=O)[C@H](OC(=O)Cc1ccc(C)c(C)c1)c1ccccc1. The Morgan fingerprint density at radius 1 is 1.00 bits per heavy atom. The highest BCUT2D eigenvalue weighted by atomic mass is 16.5. The van der Waals surface area contributed by atoms with Crippen molar-refractivity contribution in [3.63, 3.8) is 0 Å². The Morgan fingerprint density at radius 3 is 2.33 bits per heavy atom. The normalized spacial score (nSPS) is 11.4. The molecular formula is C21H24N2O4. The van der Waals surface area contributed by atoms with Crippen LogP contribution in [0.25, 0.3) is 0 Å². The highest BCUT2D eigenvalue weighted by Crippen LogP contribution is 2.19. The molecule has 3 amide bonds. The van der Waals surface area contributed by atoms with Crippen molar-refractivity contribution in [2.24, 2.45) is 0 Å². The van der Waals surface area contributed by atoms with Crippen molar-refractivity contribution >= 4 is 17.9 Å². The molecule has 0 saturated heterocycles. The lowest BCUT2D eigenvalue weighted by Gasteiger charge is -2.18. The third-order valence-corrected chi connectivity index (χ3v) is 4.08. The van der Waals surface area contributed by atoms with E-state index in [0.717, 1.165) is 16.7 Å². The molecule has 2 rings (SSSR count). The van der Waals surface area contributed by atoms with E-state index in [1.807, 2.05) is 32.0 Å². The maximum Gasteiger partial charge on any atom is 0.321 e. The fourth-order valence-electron chi connectivity index (χ4n) is 2.54. The largest absolute Gasteiger partial charge is 0.447 e. The third-order valence-electron chi connectivity index (χ3n) is 4.08. The Labute approximate surface area is 158 Å². The van der Waals surface area contributed by atoms with Crippen molar-refractivity contribution in [2.45, 2.75) is 33.3 Å². The quantitative estimate of drug-likeness (QED) is 0.768. The summed E-state index contributed by atoms with van der Waals surface area (Å²) in [6.45, 7) is 6.08. The van der Waals surface area contributed by atoms with Gasteiger partial charge in [-0.2, -0.15) is 0 Å². The first-order valence-electron chi connectivity index (χ1n) is 8.80. The average Bonchev–Trinajstić information content (AvgIpc) is 2.63. The van der Waals surface area contributed by atoms with Crippen molar-refractivity contribution in [1.82, 2.24) is 10.6 Å². The number of imide groups is 1. The van der Waals surface area contributed by atoms with Gasteiger partial charge in [-0.3, -0.25) is 14.9 Å². The molecule has 0 aliphatic carbocycles. The smallest absolute Gasteiger partial charge is 0.321 e. The Kier molecular flexibility index (Phi) is 7.11. The number of amides is 3. The first-order chi connectivity index (χ1) is 12.9. The summed E-state index contributed by atoms with van der Waals surface area (Å²) in [5.74, 6) is -1.24. The van der Waals surface area contributed by atoms with E-state index in [-0.39, 0.29) is 6.42 Å². The standard InChI is InChI=1S/C21H24N2O4/c1-4-22-21(26)23-20(25)19(17-8-6-5-7-9-17)27-18(24)13-16-11-10-14(2)15(3)12-16/h5-12,19H,4,13H2,1-3H3,(H2,22,23,25,26)/t19-/m1/s1. The second-order valence-corrected chi connectivity index (χ2v) is 6.22. The number of aryl methyl sites for hydroxylation is 2. The number of rotatable bonds is 6. The van der Waals surface area contributed by atoms with Crippen LogP contribution in [0.5, 0.6) is 0 Å². The molecule has 0 saturated carbocycles. The fraction of sp³-hybridized carbons (Fsp3) is 0.286. The summed E-state index contributed by atoms with van der Waals surface area (Å²) >= 11 is 0. The molecule has 0 fully saturated rings. The molecule has 0 spiro atoms. The number of carbonyl (C=O) groups is 3. The molecule has 6 heteroatoms. The second-order valence-electron chi connectivity index (χ2n) is 6.22. The van der Waals surface area contributed by atoms with Gasteiger partial charge >= 0.3 is 12.0 Å². The van der Waals surface area contributed by atoms with E-state index in [4.69, 9.17) is 4.74 Å². The summed E-state index contributed by atoms with van der Waals surface area (Å²) in [7, 11) is 0. The predicted molar refractivity (Wildman–Crippen MR) is 102 cm³/mol. The minimum atomic E-state index is -1.20. The molecule has 0 unspecified atom stereocenters. The van der Waals surface area contributed by atoms with Crippen LogP contribution in [0.3, 0.4) is 0 Å². The van der Waals surface area contributed by atoms with Gasteiger partial charge in [0.05, 0.1) is 6.42 Å². The lowest BCUT2D eigenvalue weighted by molar-refractivity contribution is -0.155. The molecule has 0 bridgehead atoms. The summed E-state index contributed by atoms with van der Waals surface area (Å²) in [4.78, 5) is 36.5.